The Labute approximate surface area is 239 Å². The van der Waals surface area contributed by atoms with E-state index in [4.69, 9.17) is 20.5 Å². The summed E-state index contributed by atoms with van der Waals surface area (Å²) in [6.07, 6.45) is 1.63. The average Bonchev–Trinajstić information content (AvgIpc) is 3.23. The maximum atomic E-state index is 13.8. The number of thiazole rings is 1. The first-order valence-electron chi connectivity index (χ1n) is 12.2. The van der Waals surface area contributed by atoms with Gasteiger partial charge in [0.2, 0.25) is 0 Å². The van der Waals surface area contributed by atoms with Crippen molar-refractivity contribution in [2.75, 3.05) is 6.61 Å². The van der Waals surface area contributed by atoms with Crippen LogP contribution in [0.25, 0.3) is 6.08 Å². The fourth-order valence-corrected chi connectivity index (χ4v) is 6.44. The number of halogens is 1. The third-order valence-electron chi connectivity index (χ3n) is 6.10. The molecule has 0 saturated carbocycles. The highest BCUT2D eigenvalue weighted by Crippen LogP contribution is 2.31. The topological polar surface area (TPSA) is 104 Å². The zero-order chi connectivity index (χ0) is 28.4. The Morgan fingerprint density at radius 1 is 1.07 bits per heavy atom. The van der Waals surface area contributed by atoms with E-state index < -0.39 is 22.1 Å². The molecule has 5 rings (SSSR count). The Morgan fingerprint density at radius 2 is 1.80 bits per heavy atom. The SMILES string of the molecule is CCOC(=O)C1=C(C)N=c2s/c(=C\c3cccc(OS(=O)(=O)c4ccccc4)c3)c(=O)n2[C@@H]1c1ccc(Cl)cc1. The van der Waals surface area contributed by atoms with Gasteiger partial charge in [-0.3, -0.25) is 9.36 Å². The van der Waals surface area contributed by atoms with Crippen molar-refractivity contribution in [1.29, 1.82) is 0 Å². The lowest BCUT2D eigenvalue weighted by molar-refractivity contribution is -0.139. The molecule has 0 N–H and O–H groups in total. The quantitative estimate of drug-likeness (QED) is 0.234. The molecule has 0 unspecified atom stereocenters. The molecule has 1 atom stereocenters. The van der Waals surface area contributed by atoms with E-state index >= 15 is 0 Å². The summed E-state index contributed by atoms with van der Waals surface area (Å²) in [5.41, 5.74) is 1.59. The molecule has 11 heteroatoms. The third-order valence-corrected chi connectivity index (χ3v) is 8.59. The molecule has 2 heterocycles. The van der Waals surface area contributed by atoms with E-state index in [1.807, 2.05) is 0 Å². The molecule has 40 heavy (non-hydrogen) atoms. The molecule has 1 aliphatic rings. The average molecular weight is 595 g/mol. The minimum Gasteiger partial charge on any atom is -0.463 e. The summed E-state index contributed by atoms with van der Waals surface area (Å²) in [6, 6.07) is 20.4. The normalized spacial score (nSPS) is 15.4. The smallest absolute Gasteiger partial charge is 0.339 e. The standard InChI is InChI=1S/C29H23ClN2O6S2/c1-3-37-28(34)25-18(2)31-29-32(26(25)20-12-14-21(30)15-13-20)27(33)24(39-29)17-19-8-7-9-22(16-19)38-40(35,36)23-10-5-4-6-11-23/h4-17,26H,3H2,1-2H3/b24-17-/t26-/m1/s1. The van der Waals surface area contributed by atoms with Crippen LogP contribution in [0.2, 0.25) is 5.02 Å². The van der Waals surface area contributed by atoms with Crippen LogP contribution in [0.5, 0.6) is 5.75 Å². The Balaban J connectivity index is 1.58. The van der Waals surface area contributed by atoms with Crippen LogP contribution in [0.15, 0.2) is 105 Å². The molecule has 0 spiro atoms. The van der Waals surface area contributed by atoms with Crippen LogP contribution in [0.4, 0.5) is 0 Å². The van der Waals surface area contributed by atoms with Crippen molar-refractivity contribution in [1.82, 2.24) is 4.57 Å². The van der Waals surface area contributed by atoms with Gasteiger partial charge in [-0.15, -0.1) is 0 Å². The molecule has 1 aromatic heterocycles. The molecule has 3 aromatic carbocycles. The third kappa shape index (κ3) is 5.51. The van der Waals surface area contributed by atoms with Crippen LogP contribution >= 0.6 is 22.9 Å². The zero-order valence-electron chi connectivity index (χ0n) is 21.4. The van der Waals surface area contributed by atoms with E-state index in [9.17, 15) is 18.0 Å². The molecule has 0 bridgehead atoms. The van der Waals surface area contributed by atoms with Gasteiger partial charge >= 0.3 is 16.1 Å². The first-order chi connectivity index (χ1) is 19.2. The summed E-state index contributed by atoms with van der Waals surface area (Å²) < 4.78 is 37.8. The number of hydrogen-bond donors (Lipinski definition) is 0. The first-order valence-corrected chi connectivity index (χ1v) is 14.8. The van der Waals surface area contributed by atoms with Gasteiger partial charge in [0.15, 0.2) is 4.80 Å². The maximum absolute atomic E-state index is 13.8. The van der Waals surface area contributed by atoms with Crippen molar-refractivity contribution in [2.45, 2.75) is 24.8 Å². The first kappa shape index (κ1) is 27.6. The molecule has 4 aromatic rings. The lowest BCUT2D eigenvalue weighted by Gasteiger charge is -2.24. The molecule has 0 aliphatic carbocycles. The number of carbonyl (C=O) groups excluding carboxylic acids is 1. The van der Waals surface area contributed by atoms with E-state index in [0.717, 1.165) is 11.3 Å². The molecular formula is C29H23ClN2O6S2. The summed E-state index contributed by atoms with van der Waals surface area (Å²) in [7, 11) is -4.03. The van der Waals surface area contributed by atoms with E-state index in [1.165, 1.54) is 28.8 Å². The largest absolute Gasteiger partial charge is 0.463 e. The Bertz CT molecular complexity index is 1910. The second-order valence-electron chi connectivity index (χ2n) is 8.78. The maximum Gasteiger partial charge on any atom is 0.339 e. The van der Waals surface area contributed by atoms with Crippen LogP contribution in [-0.2, 0) is 19.6 Å². The van der Waals surface area contributed by atoms with E-state index in [2.05, 4.69) is 4.99 Å². The Hall–Kier alpha value is -3.99. The minimum absolute atomic E-state index is 0.0312. The summed E-state index contributed by atoms with van der Waals surface area (Å²) >= 11 is 7.26. The van der Waals surface area contributed by atoms with Crippen LogP contribution in [0, 0.1) is 0 Å². The van der Waals surface area contributed by atoms with Crippen LogP contribution in [0.3, 0.4) is 0 Å². The summed E-state index contributed by atoms with van der Waals surface area (Å²) in [5.74, 6) is -0.452. The number of esters is 1. The summed E-state index contributed by atoms with van der Waals surface area (Å²) in [5, 5.41) is 0.519. The molecule has 0 amide bonds. The number of allylic oxidation sites excluding steroid dienone is 1. The second-order valence-corrected chi connectivity index (χ2v) is 11.8. The monoisotopic (exact) mass is 594 g/mol. The molecule has 1 aliphatic heterocycles. The highest BCUT2D eigenvalue weighted by atomic mass is 35.5. The number of rotatable bonds is 7. The van der Waals surface area contributed by atoms with Gasteiger partial charge in [-0.25, -0.2) is 9.79 Å². The van der Waals surface area contributed by atoms with Crippen molar-refractivity contribution in [3.8, 4) is 5.75 Å². The molecular weight excluding hydrogens is 572 g/mol. The molecule has 0 fully saturated rings. The van der Waals surface area contributed by atoms with Crippen molar-refractivity contribution >= 4 is 45.1 Å². The predicted octanol–water partition coefficient (Wildman–Crippen LogP) is 4.22. The van der Waals surface area contributed by atoms with Gasteiger partial charge in [0.05, 0.1) is 28.5 Å². The van der Waals surface area contributed by atoms with E-state index in [1.54, 1.807) is 74.5 Å². The number of fused-ring (bicyclic) bond motifs is 1. The zero-order valence-corrected chi connectivity index (χ0v) is 23.8. The van der Waals surface area contributed by atoms with Crippen molar-refractivity contribution in [2.24, 2.45) is 4.99 Å². The van der Waals surface area contributed by atoms with Gasteiger partial charge in [0.25, 0.3) is 5.56 Å². The Kier molecular flexibility index (Phi) is 7.75. The van der Waals surface area contributed by atoms with Gasteiger partial charge in [-0.05, 0) is 67.4 Å². The Morgan fingerprint density at radius 3 is 2.50 bits per heavy atom. The number of carbonyl (C=O) groups is 1. The van der Waals surface area contributed by atoms with E-state index in [-0.39, 0.29) is 28.4 Å². The molecule has 0 saturated heterocycles. The molecule has 8 nitrogen and oxygen atoms in total. The van der Waals surface area contributed by atoms with Crippen molar-refractivity contribution in [3.05, 3.63) is 126 Å². The predicted molar refractivity (Wildman–Crippen MR) is 153 cm³/mol. The summed E-state index contributed by atoms with van der Waals surface area (Å²) in [4.78, 5) is 31.7. The minimum atomic E-state index is -4.03. The highest BCUT2D eigenvalue weighted by Gasteiger charge is 2.33. The number of nitrogens with zero attached hydrogens (tertiary/aromatic N) is 2. The van der Waals surface area contributed by atoms with Crippen LogP contribution < -0.4 is 19.1 Å². The lowest BCUT2D eigenvalue weighted by Crippen LogP contribution is -2.39. The van der Waals surface area contributed by atoms with E-state index in [0.29, 0.717) is 31.2 Å². The number of benzene rings is 3. The van der Waals surface area contributed by atoms with Crippen LogP contribution in [0.1, 0.15) is 31.0 Å². The fourth-order valence-electron chi connectivity index (χ4n) is 4.32. The van der Waals surface area contributed by atoms with Crippen molar-refractivity contribution in [3.63, 3.8) is 0 Å². The lowest BCUT2D eigenvalue weighted by atomic mass is 9.96. The number of hydrogen-bond acceptors (Lipinski definition) is 8. The molecule has 0 radical (unpaired) electrons. The van der Waals surface area contributed by atoms with Gasteiger partial charge < -0.3 is 8.92 Å². The fraction of sp³-hybridized carbons (Fsp3) is 0.138. The van der Waals surface area contributed by atoms with Crippen LogP contribution in [-0.4, -0.2) is 25.6 Å². The van der Waals surface area contributed by atoms with Gasteiger partial charge in [0.1, 0.15) is 10.6 Å². The van der Waals surface area contributed by atoms with Gasteiger partial charge in [-0.1, -0.05) is 65.4 Å². The van der Waals surface area contributed by atoms with Gasteiger partial charge in [-0.2, -0.15) is 8.42 Å². The van der Waals surface area contributed by atoms with Crippen molar-refractivity contribution < 1.29 is 22.1 Å². The molecule has 204 valence electrons. The summed E-state index contributed by atoms with van der Waals surface area (Å²) in [6.45, 7) is 3.59. The highest BCUT2D eigenvalue weighted by molar-refractivity contribution is 7.87. The number of aromatic nitrogens is 1. The van der Waals surface area contributed by atoms with Gasteiger partial charge in [0, 0.05) is 5.02 Å². The second kappa shape index (κ2) is 11.2. The number of ether oxygens (including phenoxy) is 1.